The van der Waals surface area contributed by atoms with E-state index >= 15 is 0 Å². The largest absolute Gasteiger partial charge is 0.337 e. The van der Waals surface area contributed by atoms with Crippen LogP contribution in [0.1, 0.15) is 33.6 Å². The standard InChI is InChI=1S/C19H20N2O2S/c1-14-6-8-15(9-7-14)18(22)20-17(13-16-5-4-12-24-16)19(23)21-10-2-3-11-21/h4-9,12-13H,2-3,10-11H2,1H3,(H,20,22)/b17-13-. The summed E-state index contributed by atoms with van der Waals surface area (Å²) in [6.07, 6.45) is 3.80. The normalized spacial score (nSPS) is 14.7. The first kappa shape index (κ1) is 16.5. The molecule has 1 aromatic heterocycles. The zero-order chi connectivity index (χ0) is 16.9. The molecule has 1 N–H and O–H groups in total. The molecule has 1 aromatic carbocycles. The first-order valence-electron chi connectivity index (χ1n) is 8.06. The number of benzene rings is 1. The van der Waals surface area contributed by atoms with Gasteiger partial charge in [-0.2, -0.15) is 0 Å². The molecular weight excluding hydrogens is 320 g/mol. The molecule has 1 aliphatic rings. The third kappa shape index (κ3) is 3.92. The van der Waals surface area contributed by atoms with Crippen LogP contribution in [0.25, 0.3) is 6.08 Å². The highest BCUT2D eigenvalue weighted by atomic mass is 32.1. The van der Waals surface area contributed by atoms with Gasteiger partial charge in [0.2, 0.25) is 0 Å². The van der Waals surface area contributed by atoms with E-state index in [4.69, 9.17) is 0 Å². The Balaban J connectivity index is 1.82. The van der Waals surface area contributed by atoms with Gasteiger partial charge < -0.3 is 10.2 Å². The Hall–Kier alpha value is -2.40. The molecule has 2 aromatic rings. The molecule has 24 heavy (non-hydrogen) atoms. The highest BCUT2D eigenvalue weighted by Gasteiger charge is 2.23. The molecule has 0 radical (unpaired) electrons. The number of nitrogens with one attached hydrogen (secondary N) is 1. The van der Waals surface area contributed by atoms with Crippen molar-refractivity contribution in [3.8, 4) is 0 Å². The minimum atomic E-state index is -0.259. The second-order valence-electron chi connectivity index (χ2n) is 5.89. The van der Waals surface area contributed by atoms with Gasteiger partial charge in [-0.25, -0.2) is 0 Å². The summed E-state index contributed by atoms with van der Waals surface area (Å²) < 4.78 is 0. The highest BCUT2D eigenvalue weighted by Crippen LogP contribution is 2.17. The number of likely N-dealkylation sites (tertiary alicyclic amines) is 1. The number of rotatable bonds is 4. The maximum absolute atomic E-state index is 12.7. The maximum atomic E-state index is 12.7. The fourth-order valence-electron chi connectivity index (χ4n) is 2.66. The Morgan fingerprint density at radius 1 is 1.12 bits per heavy atom. The number of carbonyl (C=O) groups excluding carboxylic acids is 2. The Kier molecular flexibility index (Phi) is 5.11. The summed E-state index contributed by atoms with van der Waals surface area (Å²) in [5, 5.41) is 4.76. The van der Waals surface area contributed by atoms with Gasteiger partial charge in [-0.3, -0.25) is 9.59 Å². The van der Waals surface area contributed by atoms with Crippen molar-refractivity contribution >= 4 is 29.2 Å². The average molecular weight is 340 g/mol. The lowest BCUT2D eigenvalue weighted by molar-refractivity contribution is -0.126. The predicted octanol–water partition coefficient (Wildman–Crippen LogP) is 3.45. The smallest absolute Gasteiger partial charge is 0.270 e. The number of amides is 2. The van der Waals surface area contributed by atoms with E-state index in [2.05, 4.69) is 5.32 Å². The molecule has 2 amide bonds. The van der Waals surface area contributed by atoms with E-state index in [-0.39, 0.29) is 11.8 Å². The van der Waals surface area contributed by atoms with Crippen LogP contribution in [0.3, 0.4) is 0 Å². The van der Waals surface area contributed by atoms with Crippen molar-refractivity contribution in [3.05, 3.63) is 63.5 Å². The number of nitrogens with zero attached hydrogens (tertiary/aromatic N) is 1. The minimum Gasteiger partial charge on any atom is -0.337 e. The van der Waals surface area contributed by atoms with Crippen molar-refractivity contribution in [2.75, 3.05) is 13.1 Å². The summed E-state index contributed by atoms with van der Waals surface area (Å²) in [4.78, 5) is 28.0. The van der Waals surface area contributed by atoms with Crippen molar-refractivity contribution in [1.82, 2.24) is 10.2 Å². The van der Waals surface area contributed by atoms with Crippen molar-refractivity contribution < 1.29 is 9.59 Å². The molecule has 3 rings (SSSR count). The summed E-state index contributed by atoms with van der Waals surface area (Å²) in [5.41, 5.74) is 1.98. The third-order valence-electron chi connectivity index (χ3n) is 4.02. The van der Waals surface area contributed by atoms with Gasteiger partial charge in [-0.1, -0.05) is 23.8 Å². The molecule has 124 valence electrons. The summed E-state index contributed by atoms with van der Waals surface area (Å²) in [6.45, 7) is 3.47. The fraction of sp³-hybridized carbons (Fsp3) is 0.263. The van der Waals surface area contributed by atoms with Crippen LogP contribution in [0.5, 0.6) is 0 Å². The van der Waals surface area contributed by atoms with Gasteiger partial charge in [-0.15, -0.1) is 11.3 Å². The summed E-state index contributed by atoms with van der Waals surface area (Å²) in [5.74, 6) is -0.369. The van der Waals surface area contributed by atoms with Gasteiger partial charge in [0.25, 0.3) is 11.8 Å². The van der Waals surface area contributed by atoms with E-state index in [1.54, 1.807) is 23.1 Å². The Labute approximate surface area is 145 Å². The van der Waals surface area contributed by atoms with Gasteiger partial charge in [-0.05, 0) is 49.4 Å². The molecule has 0 bridgehead atoms. The Bertz CT molecular complexity index is 742. The fourth-order valence-corrected chi connectivity index (χ4v) is 3.31. The molecule has 0 saturated carbocycles. The monoisotopic (exact) mass is 340 g/mol. The van der Waals surface area contributed by atoms with E-state index < -0.39 is 0 Å². The summed E-state index contributed by atoms with van der Waals surface area (Å²) >= 11 is 1.54. The molecule has 2 heterocycles. The average Bonchev–Trinajstić information content (AvgIpc) is 3.28. The summed E-state index contributed by atoms with van der Waals surface area (Å²) in [6, 6.07) is 11.2. The third-order valence-corrected chi connectivity index (χ3v) is 4.83. The zero-order valence-electron chi connectivity index (χ0n) is 13.6. The summed E-state index contributed by atoms with van der Waals surface area (Å²) in [7, 11) is 0. The van der Waals surface area contributed by atoms with Crippen LogP contribution < -0.4 is 5.32 Å². The van der Waals surface area contributed by atoms with Crippen molar-refractivity contribution in [3.63, 3.8) is 0 Å². The van der Waals surface area contributed by atoms with Gasteiger partial charge in [0.05, 0.1) is 0 Å². The van der Waals surface area contributed by atoms with Gasteiger partial charge in [0.1, 0.15) is 5.70 Å². The van der Waals surface area contributed by atoms with Crippen LogP contribution >= 0.6 is 11.3 Å². The van der Waals surface area contributed by atoms with E-state index in [0.717, 1.165) is 36.4 Å². The number of hydrogen-bond donors (Lipinski definition) is 1. The second-order valence-corrected chi connectivity index (χ2v) is 6.87. The number of hydrogen-bond acceptors (Lipinski definition) is 3. The molecule has 0 atom stereocenters. The van der Waals surface area contributed by atoms with Crippen molar-refractivity contribution in [2.45, 2.75) is 19.8 Å². The van der Waals surface area contributed by atoms with Gasteiger partial charge in [0.15, 0.2) is 0 Å². The molecule has 5 heteroatoms. The first-order valence-corrected chi connectivity index (χ1v) is 8.94. The van der Waals surface area contributed by atoms with E-state index in [1.807, 2.05) is 36.6 Å². The van der Waals surface area contributed by atoms with E-state index in [9.17, 15) is 9.59 Å². The van der Waals surface area contributed by atoms with E-state index in [1.165, 1.54) is 11.3 Å². The van der Waals surface area contributed by atoms with E-state index in [0.29, 0.717) is 11.3 Å². The Morgan fingerprint density at radius 2 is 1.83 bits per heavy atom. The lowest BCUT2D eigenvalue weighted by Gasteiger charge is -2.18. The predicted molar refractivity (Wildman–Crippen MR) is 96.8 cm³/mol. The second kappa shape index (κ2) is 7.45. The van der Waals surface area contributed by atoms with Crippen molar-refractivity contribution in [1.29, 1.82) is 0 Å². The molecule has 1 fully saturated rings. The first-order chi connectivity index (χ1) is 11.6. The number of aryl methyl sites for hydroxylation is 1. The molecule has 0 spiro atoms. The van der Waals surface area contributed by atoms with Crippen LogP contribution in [-0.4, -0.2) is 29.8 Å². The van der Waals surface area contributed by atoms with Gasteiger partial charge in [0, 0.05) is 23.5 Å². The lowest BCUT2D eigenvalue weighted by atomic mass is 10.1. The van der Waals surface area contributed by atoms with Crippen LogP contribution in [0, 0.1) is 6.92 Å². The zero-order valence-corrected chi connectivity index (χ0v) is 14.4. The molecule has 4 nitrogen and oxygen atoms in total. The lowest BCUT2D eigenvalue weighted by Crippen LogP contribution is -2.36. The molecule has 1 aliphatic heterocycles. The maximum Gasteiger partial charge on any atom is 0.270 e. The van der Waals surface area contributed by atoms with Crippen molar-refractivity contribution in [2.24, 2.45) is 0 Å². The van der Waals surface area contributed by atoms with Crippen LogP contribution in [0.2, 0.25) is 0 Å². The number of carbonyl (C=O) groups is 2. The minimum absolute atomic E-state index is 0.110. The Morgan fingerprint density at radius 3 is 2.46 bits per heavy atom. The molecule has 0 aliphatic carbocycles. The van der Waals surface area contributed by atoms with Crippen LogP contribution in [0.15, 0.2) is 47.5 Å². The molecule has 0 unspecified atom stereocenters. The molecule has 1 saturated heterocycles. The number of thiophene rings is 1. The SMILES string of the molecule is Cc1ccc(C(=O)N/C(=C\c2cccs2)C(=O)N2CCCC2)cc1. The quantitative estimate of drug-likeness (QED) is 0.867. The van der Waals surface area contributed by atoms with Gasteiger partial charge >= 0.3 is 0 Å². The highest BCUT2D eigenvalue weighted by molar-refractivity contribution is 7.10. The molecular formula is C19H20N2O2S. The topological polar surface area (TPSA) is 49.4 Å². The van der Waals surface area contributed by atoms with Crippen LogP contribution in [-0.2, 0) is 4.79 Å². The van der Waals surface area contributed by atoms with Crippen LogP contribution in [0.4, 0.5) is 0 Å².